The summed E-state index contributed by atoms with van der Waals surface area (Å²) in [6, 6.07) is 9.38. The Labute approximate surface area is 152 Å². The predicted octanol–water partition coefficient (Wildman–Crippen LogP) is 3.93. The van der Waals surface area contributed by atoms with Crippen molar-refractivity contribution in [2.45, 2.75) is 44.9 Å². The number of benzene rings is 1. The molecular formula is C20H24FNO4. The highest BCUT2D eigenvalue weighted by Gasteiger charge is 2.25. The fourth-order valence-electron chi connectivity index (χ4n) is 2.96. The summed E-state index contributed by atoms with van der Waals surface area (Å²) < 4.78 is 30.0. The first-order chi connectivity index (χ1) is 12.6. The van der Waals surface area contributed by atoms with E-state index in [4.69, 9.17) is 13.9 Å². The first kappa shape index (κ1) is 18.6. The Bertz CT molecular complexity index is 680. The van der Waals surface area contributed by atoms with Crippen molar-refractivity contribution >= 4 is 11.6 Å². The Morgan fingerprint density at radius 2 is 2.12 bits per heavy atom. The second kappa shape index (κ2) is 8.96. The molecule has 1 aromatic carbocycles. The molecule has 1 aliphatic heterocycles. The third kappa shape index (κ3) is 4.93. The molecule has 2 heterocycles. The van der Waals surface area contributed by atoms with Crippen LogP contribution in [0.5, 0.6) is 0 Å². The van der Waals surface area contributed by atoms with E-state index < -0.39 is 6.10 Å². The van der Waals surface area contributed by atoms with Gasteiger partial charge in [-0.25, -0.2) is 4.39 Å². The molecule has 0 spiro atoms. The number of halogens is 1. The Balaban J connectivity index is 1.67. The number of carbonyl (C=O) groups is 1. The number of ether oxygens (including phenoxy) is 2. The molecule has 26 heavy (non-hydrogen) atoms. The van der Waals surface area contributed by atoms with Crippen LogP contribution in [0, 0.1) is 5.82 Å². The number of hydrogen-bond acceptors (Lipinski definition) is 4. The number of carbonyl (C=O) groups excluding carboxylic acids is 1. The molecule has 1 aromatic heterocycles. The average Bonchev–Trinajstić information content (AvgIpc) is 3.18. The lowest BCUT2D eigenvalue weighted by molar-refractivity contribution is -0.133. The van der Waals surface area contributed by atoms with Gasteiger partial charge in [-0.15, -0.1) is 0 Å². The lowest BCUT2D eigenvalue weighted by Crippen LogP contribution is -2.40. The summed E-state index contributed by atoms with van der Waals surface area (Å²) in [4.78, 5) is 14.5. The summed E-state index contributed by atoms with van der Waals surface area (Å²) in [7, 11) is 0. The molecule has 1 saturated heterocycles. The minimum absolute atomic E-state index is 0.0448. The molecule has 0 N–H and O–H groups in total. The van der Waals surface area contributed by atoms with E-state index in [0.717, 1.165) is 25.9 Å². The van der Waals surface area contributed by atoms with Crippen LogP contribution in [-0.4, -0.2) is 31.3 Å². The molecule has 2 unspecified atom stereocenters. The zero-order valence-electron chi connectivity index (χ0n) is 14.9. The summed E-state index contributed by atoms with van der Waals surface area (Å²) in [5, 5.41) is 0. The maximum absolute atomic E-state index is 13.3. The quantitative estimate of drug-likeness (QED) is 0.750. The summed E-state index contributed by atoms with van der Waals surface area (Å²) in [5.41, 5.74) is 0.595. The zero-order valence-corrected chi connectivity index (χ0v) is 14.9. The monoisotopic (exact) mass is 361 g/mol. The van der Waals surface area contributed by atoms with Gasteiger partial charge < -0.3 is 18.8 Å². The van der Waals surface area contributed by atoms with Crippen molar-refractivity contribution in [3.63, 3.8) is 0 Å². The molecule has 0 saturated carbocycles. The molecular weight excluding hydrogens is 337 g/mol. The first-order valence-electron chi connectivity index (χ1n) is 8.96. The van der Waals surface area contributed by atoms with Crippen LogP contribution >= 0.6 is 0 Å². The van der Waals surface area contributed by atoms with Crippen molar-refractivity contribution in [3.8, 4) is 0 Å². The van der Waals surface area contributed by atoms with Gasteiger partial charge in [-0.1, -0.05) is 0 Å². The highest BCUT2D eigenvalue weighted by molar-refractivity contribution is 5.96. The minimum atomic E-state index is -0.638. The lowest BCUT2D eigenvalue weighted by Gasteiger charge is -2.27. The molecule has 1 fully saturated rings. The van der Waals surface area contributed by atoms with Crippen molar-refractivity contribution in [2.24, 2.45) is 0 Å². The van der Waals surface area contributed by atoms with Gasteiger partial charge in [-0.2, -0.15) is 0 Å². The van der Waals surface area contributed by atoms with Crippen LogP contribution in [0.2, 0.25) is 0 Å². The average molecular weight is 361 g/mol. The van der Waals surface area contributed by atoms with Crippen molar-refractivity contribution in [1.82, 2.24) is 0 Å². The van der Waals surface area contributed by atoms with E-state index in [0.29, 0.717) is 18.1 Å². The van der Waals surface area contributed by atoms with Crippen molar-refractivity contribution in [3.05, 3.63) is 54.2 Å². The largest absolute Gasteiger partial charge is 0.467 e. The molecule has 0 radical (unpaired) electrons. The van der Waals surface area contributed by atoms with E-state index in [9.17, 15) is 9.18 Å². The van der Waals surface area contributed by atoms with Crippen LogP contribution in [0.25, 0.3) is 0 Å². The molecule has 5 nitrogen and oxygen atoms in total. The van der Waals surface area contributed by atoms with Gasteiger partial charge in [-0.3, -0.25) is 4.79 Å². The van der Waals surface area contributed by atoms with Gasteiger partial charge in [0.2, 0.25) is 0 Å². The number of furan rings is 1. The molecule has 6 heteroatoms. The van der Waals surface area contributed by atoms with Crippen LogP contribution in [0.15, 0.2) is 47.1 Å². The Hall–Kier alpha value is -2.18. The number of nitrogens with zero attached hydrogens (tertiary/aromatic N) is 1. The Kier molecular flexibility index (Phi) is 6.41. The number of rotatable bonds is 7. The maximum Gasteiger partial charge on any atom is 0.256 e. The van der Waals surface area contributed by atoms with Gasteiger partial charge in [0.25, 0.3) is 5.91 Å². The molecule has 140 valence electrons. The van der Waals surface area contributed by atoms with Crippen LogP contribution in [0.1, 0.15) is 31.9 Å². The second-order valence-corrected chi connectivity index (χ2v) is 6.44. The highest BCUT2D eigenvalue weighted by atomic mass is 19.1. The van der Waals surface area contributed by atoms with Gasteiger partial charge in [0, 0.05) is 12.3 Å². The normalized spacial score (nSPS) is 18.5. The third-order valence-corrected chi connectivity index (χ3v) is 4.45. The van der Waals surface area contributed by atoms with Gasteiger partial charge in [0.05, 0.1) is 25.5 Å². The SMILES string of the molecule is CC(OCC1CCCCO1)C(=O)N(Cc1ccco1)c1ccc(F)cc1. The smallest absolute Gasteiger partial charge is 0.256 e. The first-order valence-corrected chi connectivity index (χ1v) is 8.96. The summed E-state index contributed by atoms with van der Waals surface area (Å²) in [6.07, 6.45) is 4.12. The van der Waals surface area contributed by atoms with Crippen LogP contribution in [-0.2, 0) is 20.8 Å². The standard InChI is InChI=1S/C20H24FNO4/c1-15(26-14-19-5-2-3-11-25-19)20(23)22(13-18-6-4-12-24-18)17-9-7-16(21)8-10-17/h4,6-10,12,15,19H,2-3,5,11,13-14H2,1H3. The van der Waals surface area contributed by atoms with Crippen molar-refractivity contribution < 1.29 is 23.1 Å². The van der Waals surface area contributed by atoms with E-state index >= 15 is 0 Å². The number of amides is 1. The Morgan fingerprint density at radius 3 is 2.77 bits per heavy atom. The molecule has 1 amide bonds. The summed E-state index contributed by atoms with van der Waals surface area (Å²) in [6.45, 7) is 3.12. The van der Waals surface area contributed by atoms with E-state index in [1.165, 1.54) is 12.1 Å². The van der Waals surface area contributed by atoms with Crippen molar-refractivity contribution in [2.75, 3.05) is 18.1 Å². The van der Waals surface area contributed by atoms with E-state index in [2.05, 4.69) is 0 Å². The molecule has 0 aliphatic carbocycles. The van der Waals surface area contributed by atoms with E-state index in [1.807, 2.05) is 0 Å². The highest BCUT2D eigenvalue weighted by Crippen LogP contribution is 2.21. The number of anilines is 1. The molecule has 2 atom stereocenters. The maximum atomic E-state index is 13.3. The second-order valence-electron chi connectivity index (χ2n) is 6.44. The van der Waals surface area contributed by atoms with Crippen LogP contribution in [0.4, 0.5) is 10.1 Å². The lowest BCUT2D eigenvalue weighted by atomic mass is 10.1. The molecule has 2 aromatic rings. The molecule has 3 rings (SSSR count). The zero-order chi connectivity index (χ0) is 18.4. The fraction of sp³-hybridized carbons (Fsp3) is 0.450. The Morgan fingerprint density at radius 1 is 1.31 bits per heavy atom. The topological polar surface area (TPSA) is 51.9 Å². The van der Waals surface area contributed by atoms with Gasteiger partial charge in [0.1, 0.15) is 17.7 Å². The van der Waals surface area contributed by atoms with E-state index in [-0.39, 0.29) is 24.4 Å². The van der Waals surface area contributed by atoms with Gasteiger partial charge in [-0.05, 0) is 62.6 Å². The fourth-order valence-corrected chi connectivity index (χ4v) is 2.96. The molecule has 0 bridgehead atoms. The minimum Gasteiger partial charge on any atom is -0.467 e. The van der Waals surface area contributed by atoms with Gasteiger partial charge in [0.15, 0.2) is 0 Å². The summed E-state index contributed by atoms with van der Waals surface area (Å²) in [5.74, 6) is 0.0900. The van der Waals surface area contributed by atoms with Crippen molar-refractivity contribution in [1.29, 1.82) is 0 Å². The van der Waals surface area contributed by atoms with Crippen LogP contribution in [0.3, 0.4) is 0 Å². The summed E-state index contributed by atoms with van der Waals surface area (Å²) >= 11 is 0. The van der Waals surface area contributed by atoms with Crippen LogP contribution < -0.4 is 4.90 Å². The predicted molar refractivity (Wildman–Crippen MR) is 95.3 cm³/mol. The van der Waals surface area contributed by atoms with Gasteiger partial charge >= 0.3 is 0 Å². The van der Waals surface area contributed by atoms with E-state index in [1.54, 1.807) is 42.4 Å². The molecule has 1 aliphatic rings. The number of hydrogen-bond donors (Lipinski definition) is 0. The third-order valence-electron chi connectivity index (χ3n) is 4.45.